The summed E-state index contributed by atoms with van der Waals surface area (Å²) in [5, 5.41) is 0. The quantitative estimate of drug-likeness (QED) is 0.289. The molecule has 0 aliphatic carbocycles. The van der Waals surface area contributed by atoms with Crippen LogP contribution in [0.5, 0.6) is 0 Å². The molecule has 0 saturated heterocycles. The first-order chi connectivity index (χ1) is 13.9. The number of alkyl halides is 8. The van der Waals surface area contributed by atoms with Crippen LogP contribution < -0.4 is 0 Å². The largest absolute Gasteiger partial charge is 0.508 e. The molecule has 0 aliphatic heterocycles. The standard InChI is InChI=1S/C8H10F4O6.C6H8F4O3/c1-15-5(13)17-3-7(9,10)8(11,12)4-18-6(14)16-2;1-5(7,8)6(9,10)3-13-4(11)12-2/h3-4H2,1-2H3;3H2,1-2H3. The smallest absolute Gasteiger partial charge is 0.438 e. The molecule has 0 aromatic carbocycles. The highest BCUT2D eigenvalue weighted by molar-refractivity contribution is 5.60. The Morgan fingerprint density at radius 1 is 0.548 bits per heavy atom. The molecule has 0 rings (SSSR count). The maximum absolute atomic E-state index is 12.9. The summed E-state index contributed by atoms with van der Waals surface area (Å²) < 4.78 is 123. The Morgan fingerprint density at radius 2 is 0.774 bits per heavy atom. The van der Waals surface area contributed by atoms with Crippen molar-refractivity contribution in [3.63, 3.8) is 0 Å². The zero-order chi connectivity index (χ0) is 25.1. The second-order valence-corrected chi connectivity index (χ2v) is 5.23. The minimum absolute atomic E-state index is 0.0354. The highest BCUT2D eigenvalue weighted by Crippen LogP contribution is 2.35. The van der Waals surface area contributed by atoms with E-state index in [1.165, 1.54) is 0 Å². The Balaban J connectivity index is 0. The van der Waals surface area contributed by atoms with E-state index in [2.05, 4.69) is 28.4 Å². The third-order valence-corrected chi connectivity index (χ3v) is 2.79. The topological polar surface area (TPSA) is 107 Å². The van der Waals surface area contributed by atoms with Gasteiger partial charge in [0.15, 0.2) is 19.8 Å². The van der Waals surface area contributed by atoms with E-state index in [-0.39, 0.29) is 6.92 Å². The molecular formula is C14H18F8O9. The summed E-state index contributed by atoms with van der Waals surface area (Å²) >= 11 is 0. The van der Waals surface area contributed by atoms with Gasteiger partial charge in [0.1, 0.15) is 0 Å². The summed E-state index contributed by atoms with van der Waals surface area (Å²) in [6, 6.07) is 0. The normalized spacial score (nSPS) is 12.0. The van der Waals surface area contributed by atoms with Crippen LogP contribution in [0.3, 0.4) is 0 Å². The van der Waals surface area contributed by atoms with Crippen molar-refractivity contribution in [1.29, 1.82) is 0 Å². The van der Waals surface area contributed by atoms with Crippen LogP contribution in [-0.2, 0) is 28.4 Å². The third-order valence-electron chi connectivity index (χ3n) is 2.79. The minimum Gasteiger partial charge on any atom is -0.438 e. The molecule has 0 bridgehead atoms. The van der Waals surface area contributed by atoms with Gasteiger partial charge in [0.2, 0.25) is 0 Å². The zero-order valence-corrected chi connectivity index (χ0v) is 16.3. The first kappa shape index (κ1) is 30.4. The summed E-state index contributed by atoms with van der Waals surface area (Å²) in [4.78, 5) is 30.9. The molecule has 0 spiro atoms. The van der Waals surface area contributed by atoms with Crippen molar-refractivity contribution in [1.82, 2.24) is 0 Å². The van der Waals surface area contributed by atoms with Crippen molar-refractivity contribution in [3.8, 4) is 0 Å². The van der Waals surface area contributed by atoms with E-state index in [0.717, 1.165) is 21.3 Å². The Kier molecular flexibility index (Phi) is 12.0. The van der Waals surface area contributed by atoms with E-state index in [4.69, 9.17) is 0 Å². The molecular weight excluding hydrogens is 464 g/mol. The number of rotatable bonds is 8. The van der Waals surface area contributed by atoms with E-state index in [1.54, 1.807) is 0 Å². The maximum Gasteiger partial charge on any atom is 0.508 e. The van der Waals surface area contributed by atoms with Crippen LogP contribution in [0.4, 0.5) is 49.5 Å². The van der Waals surface area contributed by atoms with Gasteiger partial charge in [-0.15, -0.1) is 0 Å². The SMILES string of the molecule is COC(=O)OCC(F)(F)C(C)(F)F.COC(=O)OCC(F)(F)C(F)(F)COC(=O)OC. The van der Waals surface area contributed by atoms with Gasteiger partial charge in [0.05, 0.1) is 21.3 Å². The van der Waals surface area contributed by atoms with Crippen molar-refractivity contribution in [2.45, 2.75) is 30.6 Å². The molecule has 184 valence electrons. The molecule has 0 aliphatic rings. The fraction of sp³-hybridized carbons (Fsp3) is 0.786. The van der Waals surface area contributed by atoms with Gasteiger partial charge in [-0.05, 0) is 0 Å². The van der Waals surface area contributed by atoms with Gasteiger partial charge >= 0.3 is 42.2 Å². The summed E-state index contributed by atoms with van der Waals surface area (Å²) in [5.41, 5.74) is 0. The maximum atomic E-state index is 12.9. The van der Waals surface area contributed by atoms with Crippen LogP contribution in [0.2, 0.25) is 0 Å². The van der Waals surface area contributed by atoms with E-state index < -0.39 is 62.0 Å². The second kappa shape index (κ2) is 12.2. The lowest BCUT2D eigenvalue weighted by atomic mass is 10.2. The zero-order valence-electron chi connectivity index (χ0n) is 16.3. The lowest BCUT2D eigenvalue weighted by Crippen LogP contribution is -2.48. The molecule has 9 nitrogen and oxygen atoms in total. The summed E-state index contributed by atoms with van der Waals surface area (Å²) in [5.74, 6) is -18.1. The number of carbonyl (C=O) groups is 3. The molecule has 0 atom stereocenters. The van der Waals surface area contributed by atoms with E-state index >= 15 is 0 Å². The van der Waals surface area contributed by atoms with Crippen molar-refractivity contribution in [2.24, 2.45) is 0 Å². The van der Waals surface area contributed by atoms with E-state index in [9.17, 15) is 49.5 Å². The first-order valence-electron chi connectivity index (χ1n) is 7.50. The number of ether oxygens (including phenoxy) is 6. The first-order valence-corrected chi connectivity index (χ1v) is 7.50. The van der Waals surface area contributed by atoms with Crippen molar-refractivity contribution in [3.05, 3.63) is 0 Å². The number of methoxy groups -OCH3 is 3. The molecule has 31 heavy (non-hydrogen) atoms. The van der Waals surface area contributed by atoms with Gasteiger partial charge < -0.3 is 28.4 Å². The Bertz CT molecular complexity index is 563. The van der Waals surface area contributed by atoms with Crippen LogP contribution in [0.15, 0.2) is 0 Å². The predicted octanol–water partition coefficient (Wildman–Crippen LogP) is 3.88. The predicted molar refractivity (Wildman–Crippen MR) is 80.5 cm³/mol. The van der Waals surface area contributed by atoms with Gasteiger partial charge in [-0.3, -0.25) is 0 Å². The number of halogens is 8. The second-order valence-electron chi connectivity index (χ2n) is 5.23. The van der Waals surface area contributed by atoms with Crippen LogP contribution in [0.25, 0.3) is 0 Å². The molecule has 17 heteroatoms. The van der Waals surface area contributed by atoms with Gasteiger partial charge in [-0.25, -0.2) is 23.2 Å². The fourth-order valence-corrected chi connectivity index (χ4v) is 0.963. The van der Waals surface area contributed by atoms with Crippen LogP contribution >= 0.6 is 0 Å². The lowest BCUT2D eigenvalue weighted by molar-refractivity contribution is -0.241. The minimum atomic E-state index is -4.73. The Hall–Kier alpha value is -2.75. The van der Waals surface area contributed by atoms with Crippen LogP contribution in [0.1, 0.15) is 6.92 Å². The average molecular weight is 482 g/mol. The highest BCUT2D eigenvalue weighted by Gasteiger charge is 2.58. The molecule has 0 fully saturated rings. The summed E-state index contributed by atoms with van der Waals surface area (Å²) in [6.45, 7) is -5.51. The number of carbonyl (C=O) groups excluding carboxylic acids is 3. The Labute approximate surface area is 169 Å². The number of hydrogen-bond donors (Lipinski definition) is 0. The van der Waals surface area contributed by atoms with Gasteiger partial charge in [-0.1, -0.05) is 0 Å². The monoisotopic (exact) mass is 482 g/mol. The lowest BCUT2D eigenvalue weighted by Gasteiger charge is -2.25. The summed E-state index contributed by atoms with van der Waals surface area (Å²) in [6.07, 6.45) is -4.51. The van der Waals surface area contributed by atoms with E-state index in [0.29, 0.717) is 0 Å². The van der Waals surface area contributed by atoms with Gasteiger partial charge in [0.25, 0.3) is 0 Å². The molecule has 0 unspecified atom stereocenters. The van der Waals surface area contributed by atoms with Crippen molar-refractivity contribution >= 4 is 18.5 Å². The number of hydrogen-bond acceptors (Lipinski definition) is 9. The highest BCUT2D eigenvalue weighted by atomic mass is 19.3. The van der Waals surface area contributed by atoms with Crippen LogP contribution in [-0.4, -0.2) is 83.3 Å². The molecule has 0 aromatic rings. The van der Waals surface area contributed by atoms with Crippen molar-refractivity contribution in [2.75, 3.05) is 41.2 Å². The van der Waals surface area contributed by atoms with Crippen LogP contribution in [0, 0.1) is 0 Å². The molecule has 0 aromatic heterocycles. The van der Waals surface area contributed by atoms with Crippen molar-refractivity contribution < 1.29 is 77.9 Å². The molecule has 0 N–H and O–H groups in total. The molecule has 0 amide bonds. The summed E-state index contributed by atoms with van der Waals surface area (Å²) in [7, 11) is 2.52. The van der Waals surface area contributed by atoms with Gasteiger partial charge in [0, 0.05) is 6.92 Å². The Morgan fingerprint density at radius 3 is 0.968 bits per heavy atom. The average Bonchev–Trinajstić information content (AvgIpc) is 2.67. The third kappa shape index (κ3) is 11.3. The molecule has 0 heterocycles. The van der Waals surface area contributed by atoms with E-state index in [1.807, 2.05) is 0 Å². The molecule has 0 radical (unpaired) electrons. The fourth-order valence-electron chi connectivity index (χ4n) is 0.963. The van der Waals surface area contributed by atoms with Gasteiger partial charge in [-0.2, -0.15) is 26.3 Å². The molecule has 0 saturated carbocycles.